The van der Waals surface area contributed by atoms with Gasteiger partial charge < -0.3 is 5.73 Å². The number of nitrogens with two attached hydrogens (primary N) is 1. The molecule has 0 radical (unpaired) electrons. The van der Waals surface area contributed by atoms with Crippen LogP contribution in [0.1, 0.15) is 39.0 Å². The minimum Gasteiger partial charge on any atom is -0.330 e. The Kier molecular flexibility index (Phi) is 6.55. The highest BCUT2D eigenvalue weighted by Gasteiger charge is 2.30. The van der Waals surface area contributed by atoms with Crippen LogP contribution in [0.3, 0.4) is 0 Å². The molecule has 0 atom stereocenters. The zero-order chi connectivity index (χ0) is 13.6. The van der Waals surface area contributed by atoms with Crippen LogP contribution >= 0.6 is 0 Å². The summed E-state index contributed by atoms with van der Waals surface area (Å²) >= 11 is 0. The number of nitrogens with zero attached hydrogens (tertiary/aromatic N) is 2. The first-order chi connectivity index (χ1) is 8.52. The molecule has 0 amide bonds. The van der Waals surface area contributed by atoms with E-state index in [-0.39, 0.29) is 0 Å². The van der Waals surface area contributed by atoms with Crippen molar-refractivity contribution in [2.24, 2.45) is 11.7 Å². The van der Waals surface area contributed by atoms with Crippen LogP contribution in [0.25, 0.3) is 0 Å². The second-order valence-corrected chi connectivity index (χ2v) is 7.14. The van der Waals surface area contributed by atoms with Gasteiger partial charge in [-0.1, -0.05) is 19.8 Å². The van der Waals surface area contributed by atoms with Gasteiger partial charge in [-0.15, -0.1) is 0 Å². The molecule has 1 rings (SSSR count). The van der Waals surface area contributed by atoms with Crippen molar-refractivity contribution in [1.82, 2.24) is 8.61 Å². The Morgan fingerprint density at radius 2 is 1.94 bits per heavy atom. The number of piperidine rings is 1. The molecule has 2 N–H and O–H groups in total. The lowest BCUT2D eigenvalue weighted by molar-refractivity contribution is 0.249. The molecule has 5 nitrogen and oxygen atoms in total. The lowest BCUT2D eigenvalue weighted by Gasteiger charge is -2.33. The lowest BCUT2D eigenvalue weighted by atomic mass is 9.94. The second-order valence-electron chi connectivity index (χ2n) is 5.10. The van der Waals surface area contributed by atoms with Gasteiger partial charge in [0.15, 0.2) is 0 Å². The average molecular weight is 277 g/mol. The van der Waals surface area contributed by atoms with E-state index in [4.69, 9.17) is 5.73 Å². The van der Waals surface area contributed by atoms with Crippen LogP contribution < -0.4 is 5.73 Å². The van der Waals surface area contributed by atoms with Crippen molar-refractivity contribution >= 4 is 10.2 Å². The predicted molar refractivity (Wildman–Crippen MR) is 74.4 cm³/mol. The zero-order valence-electron chi connectivity index (χ0n) is 11.6. The van der Waals surface area contributed by atoms with Gasteiger partial charge in [0.1, 0.15) is 0 Å². The lowest BCUT2D eigenvalue weighted by Crippen LogP contribution is -2.46. The summed E-state index contributed by atoms with van der Waals surface area (Å²) in [5, 5.41) is 0. The highest BCUT2D eigenvalue weighted by molar-refractivity contribution is 7.86. The maximum absolute atomic E-state index is 12.3. The minimum atomic E-state index is -3.26. The fraction of sp³-hybridized carbons (Fsp3) is 1.00. The van der Waals surface area contributed by atoms with Crippen LogP contribution in [0.2, 0.25) is 0 Å². The molecule has 6 heteroatoms. The maximum Gasteiger partial charge on any atom is 0.281 e. The van der Waals surface area contributed by atoms with Crippen molar-refractivity contribution in [3.05, 3.63) is 0 Å². The van der Waals surface area contributed by atoms with Crippen molar-refractivity contribution in [3.63, 3.8) is 0 Å². The number of hydrogen-bond donors (Lipinski definition) is 1. The van der Waals surface area contributed by atoms with Gasteiger partial charge in [0.05, 0.1) is 0 Å². The summed E-state index contributed by atoms with van der Waals surface area (Å²) in [6, 6.07) is 0. The van der Waals surface area contributed by atoms with Gasteiger partial charge in [0.2, 0.25) is 0 Å². The van der Waals surface area contributed by atoms with Crippen molar-refractivity contribution in [3.8, 4) is 0 Å². The zero-order valence-corrected chi connectivity index (χ0v) is 12.5. The van der Waals surface area contributed by atoms with E-state index in [2.05, 4.69) is 6.92 Å². The van der Waals surface area contributed by atoms with E-state index in [1.165, 1.54) is 17.1 Å². The van der Waals surface area contributed by atoms with Gasteiger partial charge in [-0.05, 0) is 31.7 Å². The van der Waals surface area contributed by atoms with E-state index in [9.17, 15) is 8.42 Å². The molecule has 0 spiro atoms. The standard InChI is InChI=1S/C12H27N3O2S/c1-3-5-12-6-10-15(11-7-12)18(16,17)14(2)9-4-8-13/h12H,3-11,13H2,1-2H3. The molecule has 0 aromatic carbocycles. The second kappa shape index (κ2) is 7.43. The fourth-order valence-electron chi connectivity index (χ4n) is 2.46. The van der Waals surface area contributed by atoms with E-state index in [0.717, 1.165) is 12.8 Å². The summed E-state index contributed by atoms with van der Waals surface area (Å²) in [4.78, 5) is 0. The summed E-state index contributed by atoms with van der Waals surface area (Å²) < 4.78 is 27.6. The molecule has 1 saturated heterocycles. The summed E-state index contributed by atoms with van der Waals surface area (Å²) in [7, 11) is -1.62. The predicted octanol–water partition coefficient (Wildman–Crippen LogP) is 1.02. The van der Waals surface area contributed by atoms with Gasteiger partial charge in [0, 0.05) is 26.7 Å². The highest BCUT2D eigenvalue weighted by atomic mass is 32.2. The molecule has 1 fully saturated rings. The van der Waals surface area contributed by atoms with Gasteiger partial charge in [0.25, 0.3) is 10.2 Å². The van der Waals surface area contributed by atoms with E-state index in [0.29, 0.717) is 38.5 Å². The van der Waals surface area contributed by atoms with Crippen LogP contribution in [0.4, 0.5) is 0 Å². The van der Waals surface area contributed by atoms with Crippen LogP contribution in [0, 0.1) is 5.92 Å². The van der Waals surface area contributed by atoms with Crippen LogP contribution in [0.5, 0.6) is 0 Å². The summed E-state index contributed by atoms with van der Waals surface area (Å²) in [6.45, 7) is 4.55. The van der Waals surface area contributed by atoms with Gasteiger partial charge in [-0.2, -0.15) is 17.0 Å². The fourth-order valence-corrected chi connectivity index (χ4v) is 3.89. The maximum atomic E-state index is 12.3. The first-order valence-corrected chi connectivity index (χ1v) is 8.33. The SMILES string of the molecule is CCCC1CCN(S(=O)(=O)N(C)CCCN)CC1. The van der Waals surface area contributed by atoms with E-state index >= 15 is 0 Å². The molecule has 0 unspecified atom stereocenters. The molecule has 0 aromatic rings. The van der Waals surface area contributed by atoms with Crippen molar-refractivity contribution < 1.29 is 8.42 Å². The molecule has 0 saturated carbocycles. The summed E-state index contributed by atoms with van der Waals surface area (Å²) in [5.74, 6) is 0.704. The first kappa shape index (κ1) is 15.9. The Morgan fingerprint density at radius 1 is 1.33 bits per heavy atom. The van der Waals surface area contributed by atoms with E-state index in [1.807, 2.05) is 0 Å². The molecule has 0 aromatic heterocycles. The quantitative estimate of drug-likeness (QED) is 0.755. The molecule has 0 bridgehead atoms. The summed E-state index contributed by atoms with van der Waals surface area (Å²) in [5.41, 5.74) is 5.41. The monoisotopic (exact) mass is 277 g/mol. The first-order valence-electron chi connectivity index (χ1n) is 6.93. The topological polar surface area (TPSA) is 66.6 Å². The number of rotatable bonds is 7. The molecule has 18 heavy (non-hydrogen) atoms. The molecule has 1 heterocycles. The average Bonchev–Trinajstić information content (AvgIpc) is 2.37. The summed E-state index contributed by atoms with van der Waals surface area (Å²) in [6.07, 6.45) is 5.11. The van der Waals surface area contributed by atoms with Crippen molar-refractivity contribution in [2.75, 3.05) is 33.2 Å². The normalized spacial score (nSPS) is 19.6. The van der Waals surface area contributed by atoms with Gasteiger partial charge >= 0.3 is 0 Å². The Morgan fingerprint density at radius 3 is 2.44 bits per heavy atom. The smallest absolute Gasteiger partial charge is 0.281 e. The van der Waals surface area contributed by atoms with E-state index in [1.54, 1.807) is 11.4 Å². The molecule has 1 aliphatic rings. The molecular formula is C12H27N3O2S. The molecule has 1 aliphatic heterocycles. The van der Waals surface area contributed by atoms with Gasteiger partial charge in [-0.3, -0.25) is 0 Å². The third-order valence-electron chi connectivity index (χ3n) is 3.67. The van der Waals surface area contributed by atoms with Crippen molar-refractivity contribution in [2.45, 2.75) is 39.0 Å². The minimum absolute atomic E-state index is 0.508. The Bertz CT molecular complexity index is 324. The third-order valence-corrected chi connectivity index (χ3v) is 5.66. The largest absolute Gasteiger partial charge is 0.330 e. The van der Waals surface area contributed by atoms with E-state index < -0.39 is 10.2 Å². The third kappa shape index (κ3) is 4.19. The Balaban J connectivity index is 2.49. The number of hydrogen-bond acceptors (Lipinski definition) is 3. The van der Waals surface area contributed by atoms with Crippen LogP contribution in [-0.4, -0.2) is 50.3 Å². The molecule has 0 aliphatic carbocycles. The Hall–Kier alpha value is -0.170. The highest BCUT2D eigenvalue weighted by Crippen LogP contribution is 2.24. The molecule has 108 valence electrons. The van der Waals surface area contributed by atoms with Crippen LogP contribution in [-0.2, 0) is 10.2 Å². The van der Waals surface area contributed by atoms with Crippen LogP contribution in [0.15, 0.2) is 0 Å². The molecular weight excluding hydrogens is 250 g/mol. The Labute approximate surface area is 112 Å². The van der Waals surface area contributed by atoms with Gasteiger partial charge in [-0.25, -0.2) is 0 Å². The van der Waals surface area contributed by atoms with Crippen molar-refractivity contribution in [1.29, 1.82) is 0 Å².